The highest BCUT2D eigenvalue weighted by Crippen LogP contribution is 2.72. The summed E-state index contributed by atoms with van der Waals surface area (Å²) < 4.78 is 6.05. The Morgan fingerprint density at radius 3 is 2.29 bits per heavy atom. The standard InChI is InChI=1S/C42H60ClNO5/c1-25(2)29-14-20-42(35(45)24-44-23-27-8-10-28(43)11-9-27)21-16-32-30(37(29)42)12-13-34-40(6)19-17-33(26(3)31(40)15-18-41(32,34)7)49-36(46)22-39(4,5)38(47)48/h8-11,25-26,30-34,44H,12-24H2,1-7H3,(H,47,48). The minimum absolute atomic E-state index is 0.103. The van der Waals surface area contributed by atoms with Gasteiger partial charge in [0.15, 0.2) is 5.78 Å². The molecule has 0 amide bonds. The second-order valence-corrected chi connectivity index (χ2v) is 18.6. The highest BCUT2D eigenvalue weighted by atomic mass is 35.5. The van der Waals surface area contributed by atoms with Crippen LogP contribution in [0.5, 0.6) is 0 Å². The number of Topliss-reactive ketones (excluding diaryl/α,β-unsaturated/α-hetero) is 1. The van der Waals surface area contributed by atoms with Gasteiger partial charge in [-0.3, -0.25) is 14.4 Å². The van der Waals surface area contributed by atoms with Crippen LogP contribution in [0.1, 0.15) is 125 Å². The van der Waals surface area contributed by atoms with Crippen molar-refractivity contribution < 1.29 is 24.2 Å². The predicted octanol–water partition coefficient (Wildman–Crippen LogP) is 9.43. The van der Waals surface area contributed by atoms with Crippen molar-refractivity contribution in [3.8, 4) is 0 Å². The molecular weight excluding hydrogens is 634 g/mol. The molecule has 6 rings (SSSR count). The van der Waals surface area contributed by atoms with Gasteiger partial charge in [0, 0.05) is 11.6 Å². The Balaban J connectivity index is 1.18. The number of carbonyl (C=O) groups excluding carboxylic acids is 2. The Labute approximate surface area is 299 Å². The maximum absolute atomic E-state index is 14.4. The zero-order valence-corrected chi connectivity index (χ0v) is 31.8. The Hall–Kier alpha value is -2.18. The van der Waals surface area contributed by atoms with Crippen molar-refractivity contribution >= 4 is 29.3 Å². The molecule has 2 N–H and O–H groups in total. The van der Waals surface area contributed by atoms with Crippen molar-refractivity contribution in [3.63, 3.8) is 0 Å². The highest BCUT2D eigenvalue weighted by molar-refractivity contribution is 6.30. The number of ether oxygens (including phenoxy) is 1. The minimum atomic E-state index is -1.13. The largest absolute Gasteiger partial charge is 0.481 e. The lowest BCUT2D eigenvalue weighted by atomic mass is 9.38. The number of halogens is 1. The van der Waals surface area contributed by atoms with Gasteiger partial charge in [0.05, 0.1) is 23.8 Å². The van der Waals surface area contributed by atoms with Gasteiger partial charge in [0.1, 0.15) is 6.10 Å². The van der Waals surface area contributed by atoms with Gasteiger partial charge < -0.3 is 15.2 Å². The van der Waals surface area contributed by atoms with E-state index in [-0.39, 0.29) is 40.7 Å². The number of carboxylic acids is 1. The number of hydrogen-bond donors (Lipinski definition) is 2. The Morgan fingerprint density at radius 1 is 0.959 bits per heavy atom. The van der Waals surface area contributed by atoms with Crippen LogP contribution in [0.15, 0.2) is 35.4 Å². The van der Waals surface area contributed by atoms with Crippen molar-refractivity contribution in [2.75, 3.05) is 6.54 Å². The lowest BCUT2D eigenvalue weighted by Crippen LogP contribution is -2.61. The van der Waals surface area contributed by atoms with Crippen LogP contribution in [0.3, 0.4) is 0 Å². The van der Waals surface area contributed by atoms with Gasteiger partial charge in [-0.2, -0.15) is 0 Å². The van der Waals surface area contributed by atoms with E-state index in [1.54, 1.807) is 25.0 Å². The molecule has 49 heavy (non-hydrogen) atoms. The number of ketones is 1. The SMILES string of the molecule is CC(C)C1=C2C3CCC4C(C)(CCC5C(C)C(OC(=O)CC(C)(C)C(=O)O)CCC54C)C3CCC2(C(=O)CNCc2ccc(Cl)cc2)CC1. The monoisotopic (exact) mass is 693 g/mol. The van der Waals surface area contributed by atoms with E-state index in [0.29, 0.717) is 48.5 Å². The summed E-state index contributed by atoms with van der Waals surface area (Å²) >= 11 is 6.09. The molecule has 4 saturated carbocycles. The number of fused-ring (bicyclic) bond motifs is 7. The topological polar surface area (TPSA) is 92.7 Å². The summed E-state index contributed by atoms with van der Waals surface area (Å²) in [5.74, 6) is 1.92. The fourth-order valence-corrected chi connectivity index (χ4v) is 12.4. The molecule has 0 heterocycles. The normalized spacial score (nSPS) is 37.2. The first-order chi connectivity index (χ1) is 23.0. The number of rotatable bonds is 10. The third-order valence-electron chi connectivity index (χ3n) is 14.9. The first-order valence-corrected chi connectivity index (χ1v) is 19.6. The summed E-state index contributed by atoms with van der Waals surface area (Å²) in [6, 6.07) is 7.87. The van der Waals surface area contributed by atoms with E-state index in [4.69, 9.17) is 16.3 Å². The van der Waals surface area contributed by atoms with E-state index < -0.39 is 11.4 Å². The fraction of sp³-hybridized carbons (Fsp3) is 0.738. The van der Waals surface area contributed by atoms with Crippen molar-refractivity contribution in [1.82, 2.24) is 5.32 Å². The molecule has 1 aromatic rings. The molecule has 9 atom stereocenters. The van der Waals surface area contributed by atoms with E-state index in [9.17, 15) is 19.5 Å². The van der Waals surface area contributed by atoms with Crippen LogP contribution in [-0.4, -0.2) is 35.5 Å². The lowest BCUT2D eigenvalue weighted by Gasteiger charge is -2.67. The maximum Gasteiger partial charge on any atom is 0.309 e. The molecule has 0 bridgehead atoms. The molecule has 0 aromatic heterocycles. The van der Waals surface area contributed by atoms with Gasteiger partial charge in [-0.15, -0.1) is 0 Å². The van der Waals surface area contributed by atoms with Crippen molar-refractivity contribution in [2.45, 2.75) is 132 Å². The van der Waals surface area contributed by atoms with Gasteiger partial charge in [-0.1, -0.05) is 69.5 Å². The second-order valence-electron chi connectivity index (χ2n) is 18.2. The number of carbonyl (C=O) groups is 3. The molecule has 0 radical (unpaired) electrons. The first kappa shape index (κ1) is 36.6. The molecule has 0 saturated heterocycles. The smallest absolute Gasteiger partial charge is 0.309 e. The zero-order valence-electron chi connectivity index (χ0n) is 31.0. The molecule has 4 fully saturated rings. The van der Waals surface area contributed by atoms with E-state index in [1.165, 1.54) is 19.3 Å². The molecule has 6 nitrogen and oxygen atoms in total. The third-order valence-corrected chi connectivity index (χ3v) is 15.1. The molecule has 1 aromatic carbocycles. The summed E-state index contributed by atoms with van der Waals surface area (Å²) in [7, 11) is 0. The van der Waals surface area contributed by atoms with Gasteiger partial charge in [0.2, 0.25) is 0 Å². The quantitative estimate of drug-likeness (QED) is 0.187. The highest BCUT2D eigenvalue weighted by Gasteiger charge is 2.65. The van der Waals surface area contributed by atoms with Gasteiger partial charge in [-0.05, 0) is 142 Å². The Kier molecular flexibility index (Phi) is 10.0. The Morgan fingerprint density at radius 2 is 1.61 bits per heavy atom. The lowest BCUT2D eigenvalue weighted by molar-refractivity contribution is -0.192. The Bertz CT molecular complexity index is 1480. The van der Waals surface area contributed by atoms with Crippen LogP contribution < -0.4 is 5.32 Å². The molecule has 9 unspecified atom stereocenters. The summed E-state index contributed by atoms with van der Waals surface area (Å²) in [5, 5.41) is 13.8. The van der Waals surface area contributed by atoms with Crippen molar-refractivity contribution in [2.24, 2.45) is 57.2 Å². The third kappa shape index (κ3) is 6.34. The molecule has 0 aliphatic heterocycles. The first-order valence-electron chi connectivity index (χ1n) is 19.2. The van der Waals surface area contributed by atoms with Crippen LogP contribution in [0.25, 0.3) is 0 Å². The summed E-state index contributed by atoms with van der Waals surface area (Å²) in [6.07, 6.45) is 10.5. The van der Waals surface area contributed by atoms with Crippen LogP contribution in [0, 0.1) is 57.2 Å². The molecular formula is C42H60ClNO5. The number of esters is 1. The molecule has 270 valence electrons. The predicted molar refractivity (Wildman–Crippen MR) is 194 cm³/mol. The van der Waals surface area contributed by atoms with Crippen LogP contribution in [-0.2, 0) is 25.7 Å². The molecule has 7 heteroatoms. The number of benzene rings is 1. The van der Waals surface area contributed by atoms with Crippen molar-refractivity contribution in [3.05, 3.63) is 46.0 Å². The number of hydrogen-bond acceptors (Lipinski definition) is 5. The molecule has 5 aliphatic carbocycles. The number of nitrogens with one attached hydrogen (secondary N) is 1. The molecule has 0 spiro atoms. The van der Waals surface area contributed by atoms with Gasteiger partial charge in [-0.25, -0.2) is 0 Å². The van der Waals surface area contributed by atoms with Crippen LogP contribution in [0.4, 0.5) is 0 Å². The van der Waals surface area contributed by atoms with E-state index in [0.717, 1.165) is 55.5 Å². The molecule has 5 aliphatic rings. The summed E-state index contributed by atoms with van der Waals surface area (Å²) in [4.78, 5) is 38.9. The number of carboxylic acid groups (broad SMARTS) is 1. The van der Waals surface area contributed by atoms with Gasteiger partial charge in [0.25, 0.3) is 0 Å². The summed E-state index contributed by atoms with van der Waals surface area (Å²) in [6.45, 7) is 16.3. The zero-order chi connectivity index (χ0) is 35.5. The summed E-state index contributed by atoms with van der Waals surface area (Å²) in [5.41, 5.74) is 3.23. The van der Waals surface area contributed by atoms with Gasteiger partial charge >= 0.3 is 11.9 Å². The number of allylic oxidation sites excluding steroid dienone is 2. The van der Waals surface area contributed by atoms with E-state index in [1.807, 2.05) is 24.3 Å². The van der Waals surface area contributed by atoms with E-state index in [2.05, 4.69) is 39.9 Å². The maximum atomic E-state index is 14.4. The van der Waals surface area contributed by atoms with Crippen molar-refractivity contribution in [1.29, 1.82) is 0 Å². The fourth-order valence-electron chi connectivity index (χ4n) is 12.3. The second kappa shape index (κ2) is 13.4. The minimum Gasteiger partial charge on any atom is -0.481 e. The van der Waals surface area contributed by atoms with Crippen LogP contribution in [0.2, 0.25) is 5.02 Å². The number of aliphatic carboxylic acids is 1. The average Bonchev–Trinajstić information content (AvgIpc) is 3.45. The van der Waals surface area contributed by atoms with Crippen LogP contribution >= 0.6 is 11.6 Å². The average molecular weight is 694 g/mol. The van der Waals surface area contributed by atoms with E-state index >= 15 is 0 Å².